The van der Waals surface area contributed by atoms with Gasteiger partial charge in [-0.3, -0.25) is 4.79 Å². The highest BCUT2D eigenvalue weighted by Gasteiger charge is 2.47. The van der Waals surface area contributed by atoms with Gasteiger partial charge < -0.3 is 14.4 Å². The lowest BCUT2D eigenvalue weighted by atomic mass is 9.73. The van der Waals surface area contributed by atoms with Gasteiger partial charge in [0, 0.05) is 38.6 Å². The first-order valence-corrected chi connectivity index (χ1v) is 9.65. The molecule has 136 valence electrons. The first kappa shape index (κ1) is 17.0. The van der Waals surface area contributed by atoms with Gasteiger partial charge >= 0.3 is 0 Å². The highest BCUT2D eigenvalue weighted by atomic mass is 16.5. The largest absolute Gasteiger partial charge is 0.384 e. The molecule has 0 spiro atoms. The normalized spacial score (nSPS) is 29.3. The van der Waals surface area contributed by atoms with E-state index in [1.165, 1.54) is 11.1 Å². The average molecular weight is 343 g/mol. The molecule has 2 aliphatic heterocycles. The quantitative estimate of drug-likeness (QED) is 0.844. The van der Waals surface area contributed by atoms with Crippen LogP contribution in [0, 0.1) is 11.3 Å². The van der Waals surface area contributed by atoms with E-state index in [0.717, 1.165) is 51.8 Å². The van der Waals surface area contributed by atoms with E-state index in [4.69, 9.17) is 9.47 Å². The SMILES string of the molecule is COC[C@]12CCCO[C@H]1CCN(C(=O)CC1Cc3ccccc3C1)C2. The van der Waals surface area contributed by atoms with Crippen molar-refractivity contribution in [1.82, 2.24) is 4.90 Å². The lowest BCUT2D eigenvalue weighted by Gasteiger charge is -2.50. The molecule has 4 heteroatoms. The monoisotopic (exact) mass is 343 g/mol. The van der Waals surface area contributed by atoms with E-state index in [1.54, 1.807) is 7.11 Å². The molecule has 0 saturated carbocycles. The molecule has 2 atom stereocenters. The Balaban J connectivity index is 1.39. The number of hydrogen-bond donors (Lipinski definition) is 0. The molecule has 0 aromatic heterocycles. The first-order chi connectivity index (χ1) is 12.2. The van der Waals surface area contributed by atoms with Crippen LogP contribution in [-0.2, 0) is 27.1 Å². The maximum absolute atomic E-state index is 13.0. The summed E-state index contributed by atoms with van der Waals surface area (Å²) in [6, 6.07) is 8.62. The van der Waals surface area contributed by atoms with E-state index in [9.17, 15) is 4.79 Å². The predicted molar refractivity (Wildman–Crippen MR) is 96.4 cm³/mol. The van der Waals surface area contributed by atoms with E-state index >= 15 is 0 Å². The Hall–Kier alpha value is -1.39. The van der Waals surface area contributed by atoms with Gasteiger partial charge in [0.15, 0.2) is 0 Å². The van der Waals surface area contributed by atoms with Gasteiger partial charge in [0.2, 0.25) is 5.91 Å². The second kappa shape index (κ2) is 7.08. The molecule has 25 heavy (non-hydrogen) atoms. The fourth-order valence-corrected chi connectivity index (χ4v) is 5.17. The summed E-state index contributed by atoms with van der Waals surface area (Å²) in [7, 11) is 1.76. The van der Waals surface area contributed by atoms with E-state index in [1.807, 2.05) is 0 Å². The number of methoxy groups -OCH3 is 1. The third-order valence-corrected chi connectivity index (χ3v) is 6.37. The van der Waals surface area contributed by atoms with Crippen molar-refractivity contribution in [3.8, 4) is 0 Å². The molecule has 4 rings (SSSR count). The highest BCUT2D eigenvalue weighted by molar-refractivity contribution is 5.77. The zero-order valence-electron chi connectivity index (χ0n) is 15.2. The second-order valence-corrected chi connectivity index (χ2v) is 8.11. The summed E-state index contributed by atoms with van der Waals surface area (Å²) in [4.78, 5) is 15.1. The van der Waals surface area contributed by atoms with Gasteiger partial charge in [0.05, 0.1) is 12.7 Å². The lowest BCUT2D eigenvalue weighted by molar-refractivity contribution is -0.162. The smallest absolute Gasteiger partial charge is 0.222 e. The van der Waals surface area contributed by atoms with Gasteiger partial charge in [-0.15, -0.1) is 0 Å². The molecule has 1 aromatic rings. The zero-order valence-corrected chi connectivity index (χ0v) is 15.2. The summed E-state index contributed by atoms with van der Waals surface area (Å²) in [5.41, 5.74) is 2.85. The number of hydrogen-bond acceptors (Lipinski definition) is 3. The average Bonchev–Trinajstić information content (AvgIpc) is 3.03. The molecule has 2 heterocycles. The van der Waals surface area contributed by atoms with Crippen molar-refractivity contribution in [2.45, 2.75) is 44.6 Å². The van der Waals surface area contributed by atoms with Gasteiger partial charge in [0.1, 0.15) is 0 Å². The van der Waals surface area contributed by atoms with Crippen LogP contribution >= 0.6 is 0 Å². The Labute approximate surface area is 150 Å². The standard InChI is InChI=1S/C21H29NO3/c1-24-15-21-8-4-10-25-19(21)7-9-22(14-21)20(23)13-16-11-17-5-2-3-6-18(17)12-16/h2-3,5-6,16,19H,4,7-15H2,1H3/t19-,21+/m0/s1. The fraction of sp³-hybridized carbons (Fsp3) is 0.667. The number of carbonyl (C=O) groups excluding carboxylic acids is 1. The van der Waals surface area contributed by atoms with Gasteiger partial charge in [-0.05, 0) is 49.1 Å². The van der Waals surface area contributed by atoms with Crippen LogP contribution in [0.3, 0.4) is 0 Å². The first-order valence-electron chi connectivity index (χ1n) is 9.65. The Morgan fingerprint density at radius 1 is 1.32 bits per heavy atom. The molecule has 1 aliphatic carbocycles. The summed E-state index contributed by atoms with van der Waals surface area (Å²) >= 11 is 0. The molecule has 0 bridgehead atoms. The summed E-state index contributed by atoms with van der Waals surface area (Å²) in [5.74, 6) is 0.779. The number of ether oxygens (including phenoxy) is 2. The van der Waals surface area contributed by atoms with Gasteiger partial charge in [-0.1, -0.05) is 24.3 Å². The van der Waals surface area contributed by atoms with Gasteiger partial charge in [-0.25, -0.2) is 0 Å². The Morgan fingerprint density at radius 3 is 2.80 bits per heavy atom. The minimum atomic E-state index is -0.000447. The van der Waals surface area contributed by atoms with Crippen LogP contribution in [-0.4, -0.2) is 50.3 Å². The van der Waals surface area contributed by atoms with Crippen molar-refractivity contribution in [3.05, 3.63) is 35.4 Å². The van der Waals surface area contributed by atoms with Crippen LogP contribution in [0.2, 0.25) is 0 Å². The fourth-order valence-electron chi connectivity index (χ4n) is 5.17. The molecule has 2 saturated heterocycles. The van der Waals surface area contributed by atoms with Crippen molar-refractivity contribution in [1.29, 1.82) is 0 Å². The van der Waals surface area contributed by atoms with E-state index in [-0.39, 0.29) is 11.5 Å². The number of piperidine rings is 1. The van der Waals surface area contributed by atoms with Gasteiger partial charge in [-0.2, -0.15) is 0 Å². The molecule has 0 radical (unpaired) electrons. The topological polar surface area (TPSA) is 38.8 Å². The van der Waals surface area contributed by atoms with Crippen LogP contribution in [0.1, 0.15) is 36.8 Å². The summed E-state index contributed by atoms with van der Waals surface area (Å²) in [6.45, 7) is 3.17. The highest BCUT2D eigenvalue weighted by Crippen LogP contribution is 2.41. The van der Waals surface area contributed by atoms with Crippen molar-refractivity contribution in [2.24, 2.45) is 11.3 Å². The summed E-state index contributed by atoms with van der Waals surface area (Å²) in [6.07, 6.45) is 6.13. The summed E-state index contributed by atoms with van der Waals surface area (Å²) in [5, 5.41) is 0. The van der Waals surface area contributed by atoms with E-state index in [2.05, 4.69) is 29.2 Å². The molecule has 2 fully saturated rings. The molecule has 1 aromatic carbocycles. The van der Waals surface area contributed by atoms with Crippen molar-refractivity contribution in [2.75, 3.05) is 33.4 Å². The Bertz CT molecular complexity index is 602. The van der Waals surface area contributed by atoms with Gasteiger partial charge in [0.25, 0.3) is 0 Å². The predicted octanol–water partition coefficient (Wildman–Crippen LogP) is 2.84. The minimum absolute atomic E-state index is 0.000447. The number of amides is 1. The Morgan fingerprint density at radius 2 is 2.08 bits per heavy atom. The molecule has 0 unspecified atom stereocenters. The van der Waals surface area contributed by atoms with Crippen LogP contribution in [0.5, 0.6) is 0 Å². The van der Waals surface area contributed by atoms with Crippen molar-refractivity contribution < 1.29 is 14.3 Å². The third-order valence-electron chi connectivity index (χ3n) is 6.37. The van der Waals surface area contributed by atoms with Crippen molar-refractivity contribution in [3.63, 3.8) is 0 Å². The molecule has 4 nitrogen and oxygen atoms in total. The minimum Gasteiger partial charge on any atom is -0.384 e. The van der Waals surface area contributed by atoms with Crippen molar-refractivity contribution >= 4 is 5.91 Å². The third kappa shape index (κ3) is 3.34. The summed E-state index contributed by atoms with van der Waals surface area (Å²) < 4.78 is 11.6. The number of carbonyl (C=O) groups is 1. The number of nitrogens with zero attached hydrogens (tertiary/aromatic N) is 1. The maximum Gasteiger partial charge on any atom is 0.222 e. The number of fused-ring (bicyclic) bond motifs is 2. The molecule has 3 aliphatic rings. The Kier molecular flexibility index (Phi) is 4.83. The van der Waals surface area contributed by atoms with E-state index in [0.29, 0.717) is 24.9 Å². The molecular formula is C21H29NO3. The number of likely N-dealkylation sites (tertiary alicyclic amines) is 1. The zero-order chi connectivity index (χ0) is 17.3. The second-order valence-electron chi connectivity index (χ2n) is 8.11. The van der Waals surface area contributed by atoms with Crippen LogP contribution in [0.4, 0.5) is 0 Å². The molecular weight excluding hydrogens is 314 g/mol. The number of benzene rings is 1. The van der Waals surface area contributed by atoms with E-state index < -0.39 is 0 Å². The molecule has 0 N–H and O–H groups in total. The van der Waals surface area contributed by atoms with Crippen LogP contribution < -0.4 is 0 Å². The van der Waals surface area contributed by atoms with Crippen LogP contribution in [0.15, 0.2) is 24.3 Å². The van der Waals surface area contributed by atoms with Crippen LogP contribution in [0.25, 0.3) is 0 Å². The molecule has 1 amide bonds. The lowest BCUT2D eigenvalue weighted by Crippen LogP contribution is -2.58. The maximum atomic E-state index is 13.0. The number of rotatable bonds is 4.